The molecule has 0 heterocycles. The van der Waals surface area contributed by atoms with Crippen LogP contribution in [0.1, 0.15) is 35.1 Å². The molecule has 0 radical (unpaired) electrons. The number of benzene rings is 1. The number of hydrogen-bond donors (Lipinski definition) is 3. The van der Waals surface area contributed by atoms with E-state index in [1.165, 1.54) is 0 Å². The van der Waals surface area contributed by atoms with Crippen molar-refractivity contribution in [2.45, 2.75) is 40.0 Å². The molecule has 0 aliphatic rings. The molecule has 0 unspecified atom stereocenters. The van der Waals surface area contributed by atoms with Crippen LogP contribution in [-0.4, -0.2) is 21.3 Å². The van der Waals surface area contributed by atoms with Gasteiger partial charge < -0.3 is 15.3 Å². The van der Waals surface area contributed by atoms with E-state index in [0.29, 0.717) is 35.1 Å². The van der Waals surface area contributed by atoms with E-state index in [9.17, 15) is 15.0 Å². The molecular weight excluding hydrogens is 220 g/mol. The maximum atomic E-state index is 10.4. The predicted molar refractivity (Wildman–Crippen MR) is 64.6 cm³/mol. The summed E-state index contributed by atoms with van der Waals surface area (Å²) in [7, 11) is 0. The molecule has 0 saturated heterocycles. The molecule has 0 saturated carbocycles. The fraction of sp³-hybridized carbons (Fsp3) is 0.462. The minimum Gasteiger partial charge on any atom is -0.507 e. The Morgan fingerprint density at radius 1 is 1.00 bits per heavy atom. The monoisotopic (exact) mass is 238 g/mol. The Bertz CT molecular complexity index is 420. The van der Waals surface area contributed by atoms with Crippen molar-refractivity contribution in [3.05, 3.63) is 22.3 Å². The normalized spacial score (nSPS) is 10.5. The van der Waals surface area contributed by atoms with E-state index < -0.39 is 5.97 Å². The van der Waals surface area contributed by atoms with Gasteiger partial charge in [0.15, 0.2) is 0 Å². The molecule has 0 aromatic heterocycles. The van der Waals surface area contributed by atoms with Gasteiger partial charge in [0.2, 0.25) is 0 Å². The Morgan fingerprint density at radius 3 is 2.06 bits per heavy atom. The van der Waals surface area contributed by atoms with Crippen LogP contribution >= 0.6 is 0 Å². The van der Waals surface area contributed by atoms with Crippen molar-refractivity contribution in [1.82, 2.24) is 0 Å². The maximum Gasteiger partial charge on any atom is 0.303 e. The average molecular weight is 238 g/mol. The Hall–Kier alpha value is -1.71. The Kier molecular flexibility index (Phi) is 3.99. The number of carboxylic acid groups (broad SMARTS) is 1. The first kappa shape index (κ1) is 13.4. The molecule has 0 atom stereocenters. The molecule has 0 amide bonds. The van der Waals surface area contributed by atoms with Gasteiger partial charge in [0, 0.05) is 12.0 Å². The third-order valence-corrected chi connectivity index (χ3v) is 3.18. The van der Waals surface area contributed by atoms with E-state index >= 15 is 0 Å². The molecule has 1 aromatic carbocycles. The number of aliphatic carboxylic acids is 1. The van der Waals surface area contributed by atoms with Crippen LogP contribution < -0.4 is 0 Å². The molecule has 0 aliphatic heterocycles. The highest BCUT2D eigenvalue weighted by Crippen LogP contribution is 2.36. The SMILES string of the molecule is Cc1c(C)c(O)c(CCCC(=O)O)c(C)c1O. The molecule has 4 nitrogen and oxygen atoms in total. The van der Waals surface area contributed by atoms with Crippen molar-refractivity contribution in [3.63, 3.8) is 0 Å². The molecule has 1 aromatic rings. The van der Waals surface area contributed by atoms with Crippen LogP contribution in [0.25, 0.3) is 0 Å². The summed E-state index contributed by atoms with van der Waals surface area (Å²) in [5.41, 5.74) is 2.60. The van der Waals surface area contributed by atoms with Gasteiger partial charge in [-0.05, 0) is 50.3 Å². The lowest BCUT2D eigenvalue weighted by Gasteiger charge is -2.15. The second kappa shape index (κ2) is 5.08. The average Bonchev–Trinajstić information content (AvgIpc) is 2.28. The molecule has 3 N–H and O–H groups in total. The Morgan fingerprint density at radius 2 is 1.53 bits per heavy atom. The largest absolute Gasteiger partial charge is 0.507 e. The maximum absolute atomic E-state index is 10.4. The van der Waals surface area contributed by atoms with Crippen molar-refractivity contribution in [2.75, 3.05) is 0 Å². The number of carbonyl (C=O) groups is 1. The first-order valence-corrected chi connectivity index (χ1v) is 5.58. The number of carboxylic acids is 1. The van der Waals surface area contributed by atoms with Crippen LogP contribution in [0.4, 0.5) is 0 Å². The smallest absolute Gasteiger partial charge is 0.303 e. The molecule has 1 rings (SSSR count). The molecule has 0 spiro atoms. The zero-order valence-corrected chi connectivity index (χ0v) is 10.4. The van der Waals surface area contributed by atoms with E-state index in [1.807, 2.05) is 0 Å². The van der Waals surface area contributed by atoms with Gasteiger partial charge in [-0.15, -0.1) is 0 Å². The number of hydrogen-bond acceptors (Lipinski definition) is 3. The zero-order valence-electron chi connectivity index (χ0n) is 10.4. The van der Waals surface area contributed by atoms with E-state index in [4.69, 9.17) is 5.11 Å². The van der Waals surface area contributed by atoms with Crippen LogP contribution in [0.15, 0.2) is 0 Å². The summed E-state index contributed by atoms with van der Waals surface area (Å²) in [4.78, 5) is 10.4. The molecule has 0 fully saturated rings. The number of phenols is 2. The third-order valence-electron chi connectivity index (χ3n) is 3.18. The third kappa shape index (κ3) is 2.70. The van der Waals surface area contributed by atoms with Crippen LogP contribution in [0.2, 0.25) is 0 Å². The van der Waals surface area contributed by atoms with Crippen molar-refractivity contribution >= 4 is 5.97 Å². The van der Waals surface area contributed by atoms with Gasteiger partial charge in [0.1, 0.15) is 11.5 Å². The first-order chi connectivity index (χ1) is 7.86. The predicted octanol–water partition coefficient (Wildman–Crippen LogP) is 2.43. The fourth-order valence-corrected chi connectivity index (χ4v) is 1.91. The molecular formula is C13H18O4. The first-order valence-electron chi connectivity index (χ1n) is 5.58. The fourth-order valence-electron chi connectivity index (χ4n) is 1.91. The van der Waals surface area contributed by atoms with Gasteiger partial charge in [0.05, 0.1) is 0 Å². The quantitative estimate of drug-likeness (QED) is 0.704. The summed E-state index contributed by atoms with van der Waals surface area (Å²) >= 11 is 0. The lowest BCUT2D eigenvalue weighted by Crippen LogP contribution is -2.00. The number of rotatable bonds is 4. The molecule has 4 heteroatoms. The van der Waals surface area contributed by atoms with Gasteiger partial charge in [-0.25, -0.2) is 0 Å². The second-order valence-corrected chi connectivity index (χ2v) is 4.30. The molecule has 0 bridgehead atoms. The molecule has 17 heavy (non-hydrogen) atoms. The van der Waals surface area contributed by atoms with Crippen LogP contribution in [-0.2, 0) is 11.2 Å². The minimum absolute atomic E-state index is 0.0621. The summed E-state index contributed by atoms with van der Waals surface area (Å²) in [6, 6.07) is 0. The zero-order chi connectivity index (χ0) is 13.2. The summed E-state index contributed by atoms with van der Waals surface area (Å²) in [6.45, 7) is 5.22. The summed E-state index contributed by atoms with van der Waals surface area (Å²) in [5.74, 6) is -0.496. The van der Waals surface area contributed by atoms with Gasteiger partial charge in [-0.1, -0.05) is 0 Å². The van der Waals surface area contributed by atoms with Crippen molar-refractivity contribution in [3.8, 4) is 11.5 Å². The van der Waals surface area contributed by atoms with Crippen LogP contribution in [0.5, 0.6) is 11.5 Å². The number of aromatic hydroxyl groups is 2. The highest BCUT2D eigenvalue weighted by Gasteiger charge is 2.16. The van der Waals surface area contributed by atoms with E-state index in [0.717, 1.165) is 0 Å². The van der Waals surface area contributed by atoms with Crippen molar-refractivity contribution in [2.24, 2.45) is 0 Å². The second-order valence-electron chi connectivity index (χ2n) is 4.30. The Labute approximate surface area is 101 Å². The highest BCUT2D eigenvalue weighted by molar-refractivity contribution is 5.66. The van der Waals surface area contributed by atoms with Crippen molar-refractivity contribution in [1.29, 1.82) is 0 Å². The minimum atomic E-state index is -0.852. The van der Waals surface area contributed by atoms with Gasteiger partial charge in [-0.2, -0.15) is 0 Å². The number of phenolic OH excluding ortho intramolecular Hbond substituents is 2. The van der Waals surface area contributed by atoms with Gasteiger partial charge in [0.25, 0.3) is 0 Å². The van der Waals surface area contributed by atoms with Crippen LogP contribution in [0, 0.1) is 20.8 Å². The lowest BCUT2D eigenvalue weighted by molar-refractivity contribution is -0.137. The standard InChI is InChI=1S/C13H18O4/c1-7-8(2)13(17)10(9(3)12(7)16)5-4-6-11(14)15/h16-17H,4-6H2,1-3H3,(H,14,15). The topological polar surface area (TPSA) is 77.8 Å². The highest BCUT2D eigenvalue weighted by atomic mass is 16.4. The summed E-state index contributed by atoms with van der Waals surface area (Å²) < 4.78 is 0. The van der Waals surface area contributed by atoms with E-state index in [2.05, 4.69) is 0 Å². The van der Waals surface area contributed by atoms with Crippen molar-refractivity contribution < 1.29 is 20.1 Å². The van der Waals surface area contributed by atoms with Crippen LogP contribution in [0.3, 0.4) is 0 Å². The van der Waals surface area contributed by atoms with Gasteiger partial charge in [-0.3, -0.25) is 4.79 Å². The van der Waals surface area contributed by atoms with Gasteiger partial charge >= 0.3 is 5.97 Å². The van der Waals surface area contributed by atoms with E-state index in [-0.39, 0.29) is 17.9 Å². The summed E-state index contributed by atoms with van der Waals surface area (Å²) in [6.07, 6.45) is 0.969. The molecule has 94 valence electrons. The van der Waals surface area contributed by atoms with E-state index in [1.54, 1.807) is 20.8 Å². The molecule has 0 aliphatic carbocycles. The summed E-state index contributed by atoms with van der Waals surface area (Å²) in [5, 5.41) is 28.4. The lowest BCUT2D eigenvalue weighted by atomic mass is 9.94. The Balaban J connectivity index is 3.03.